The predicted octanol–water partition coefficient (Wildman–Crippen LogP) is 3.78. The molecule has 0 aliphatic carbocycles. The van der Waals surface area contributed by atoms with Crippen molar-refractivity contribution in [2.45, 2.75) is 26.8 Å². The molecule has 1 unspecified atom stereocenters. The van der Waals surface area contributed by atoms with E-state index in [0.717, 1.165) is 0 Å². The topological polar surface area (TPSA) is 89.6 Å². The first-order chi connectivity index (χ1) is 13.3. The maximum atomic E-state index is 12.6. The van der Waals surface area contributed by atoms with E-state index in [0.29, 0.717) is 27.8 Å². The minimum absolute atomic E-state index is 0.0168. The maximum Gasteiger partial charge on any atom is 0.274 e. The summed E-state index contributed by atoms with van der Waals surface area (Å²) in [6, 6.07) is 6.16. The van der Waals surface area contributed by atoms with Gasteiger partial charge in [-0.2, -0.15) is 0 Å². The summed E-state index contributed by atoms with van der Waals surface area (Å²) in [7, 11) is 2.91. The van der Waals surface area contributed by atoms with Crippen LogP contribution in [0.2, 0.25) is 5.02 Å². The van der Waals surface area contributed by atoms with Crippen molar-refractivity contribution in [3.05, 3.63) is 46.7 Å². The van der Waals surface area contributed by atoms with Crippen LogP contribution in [0.3, 0.4) is 0 Å². The van der Waals surface area contributed by atoms with Crippen molar-refractivity contribution in [3.63, 3.8) is 0 Å². The standard InChI is InChI=1S/C20H24ClN3O4/c1-11(2)12(3)23-19(25)13-8-16(18(28-5)17(9-13)27-4)24-20(26)15-7-6-14(21)10-22-15/h6-12H,1-5H3,(H,23,25)(H,24,26). The summed E-state index contributed by atoms with van der Waals surface area (Å²) in [6.45, 7) is 5.97. The highest BCUT2D eigenvalue weighted by molar-refractivity contribution is 6.30. The molecule has 0 fully saturated rings. The summed E-state index contributed by atoms with van der Waals surface area (Å²) in [6.07, 6.45) is 1.38. The monoisotopic (exact) mass is 405 g/mol. The molecular weight excluding hydrogens is 382 g/mol. The highest BCUT2D eigenvalue weighted by atomic mass is 35.5. The number of carbonyl (C=O) groups excluding carboxylic acids is 2. The molecule has 1 aromatic heterocycles. The molecule has 2 aromatic rings. The van der Waals surface area contributed by atoms with Gasteiger partial charge in [0.1, 0.15) is 5.69 Å². The molecule has 2 N–H and O–H groups in total. The van der Waals surface area contributed by atoms with Crippen molar-refractivity contribution in [3.8, 4) is 11.5 Å². The minimum Gasteiger partial charge on any atom is -0.493 e. The fourth-order valence-corrected chi connectivity index (χ4v) is 2.45. The Balaban J connectivity index is 2.37. The quantitative estimate of drug-likeness (QED) is 0.731. The van der Waals surface area contributed by atoms with E-state index >= 15 is 0 Å². The molecule has 7 nitrogen and oxygen atoms in total. The summed E-state index contributed by atoms with van der Waals surface area (Å²) in [5, 5.41) is 6.07. The number of halogens is 1. The lowest BCUT2D eigenvalue weighted by Crippen LogP contribution is -2.36. The van der Waals surface area contributed by atoms with Crippen molar-refractivity contribution >= 4 is 29.1 Å². The van der Waals surface area contributed by atoms with Gasteiger partial charge in [-0.05, 0) is 37.1 Å². The molecule has 150 valence electrons. The molecule has 0 saturated carbocycles. The second-order valence-corrected chi connectivity index (χ2v) is 7.02. The zero-order valence-corrected chi connectivity index (χ0v) is 17.3. The zero-order valence-electron chi connectivity index (χ0n) is 16.5. The van der Waals surface area contributed by atoms with E-state index in [1.807, 2.05) is 20.8 Å². The lowest BCUT2D eigenvalue weighted by atomic mass is 10.1. The van der Waals surface area contributed by atoms with Crippen LogP contribution in [0, 0.1) is 5.92 Å². The maximum absolute atomic E-state index is 12.6. The number of ether oxygens (including phenoxy) is 2. The van der Waals surface area contributed by atoms with Gasteiger partial charge in [-0.25, -0.2) is 4.98 Å². The smallest absolute Gasteiger partial charge is 0.274 e. The molecule has 2 rings (SSSR count). The third-order valence-corrected chi connectivity index (χ3v) is 4.53. The van der Waals surface area contributed by atoms with Gasteiger partial charge in [0.15, 0.2) is 11.5 Å². The van der Waals surface area contributed by atoms with Gasteiger partial charge in [0, 0.05) is 17.8 Å². The van der Waals surface area contributed by atoms with E-state index in [2.05, 4.69) is 15.6 Å². The van der Waals surface area contributed by atoms with Crippen LogP contribution in [-0.2, 0) is 0 Å². The van der Waals surface area contributed by atoms with Gasteiger partial charge < -0.3 is 20.1 Å². The summed E-state index contributed by atoms with van der Waals surface area (Å²) in [5.41, 5.74) is 0.809. The zero-order chi connectivity index (χ0) is 20.8. The minimum atomic E-state index is -0.467. The van der Waals surface area contributed by atoms with Crippen LogP contribution in [-0.4, -0.2) is 37.1 Å². The van der Waals surface area contributed by atoms with E-state index < -0.39 is 5.91 Å². The third-order valence-electron chi connectivity index (χ3n) is 4.31. The molecule has 0 bridgehead atoms. The first-order valence-electron chi connectivity index (χ1n) is 8.76. The molecule has 1 aromatic carbocycles. The van der Waals surface area contributed by atoms with E-state index in [9.17, 15) is 9.59 Å². The van der Waals surface area contributed by atoms with Crippen LogP contribution in [0.25, 0.3) is 0 Å². The van der Waals surface area contributed by atoms with E-state index in [4.69, 9.17) is 21.1 Å². The molecule has 0 aliphatic heterocycles. The number of nitrogens with zero attached hydrogens (tertiary/aromatic N) is 1. The first-order valence-corrected chi connectivity index (χ1v) is 9.14. The van der Waals surface area contributed by atoms with Crippen LogP contribution in [0.15, 0.2) is 30.5 Å². The van der Waals surface area contributed by atoms with Crippen LogP contribution in [0.4, 0.5) is 5.69 Å². The number of aromatic nitrogens is 1. The Bertz CT molecular complexity index is 853. The second-order valence-electron chi connectivity index (χ2n) is 6.58. The number of carbonyl (C=O) groups is 2. The van der Waals surface area contributed by atoms with Crippen LogP contribution < -0.4 is 20.1 Å². The number of methoxy groups -OCH3 is 2. The lowest BCUT2D eigenvalue weighted by Gasteiger charge is -2.19. The molecule has 1 heterocycles. The van der Waals surface area contributed by atoms with Crippen LogP contribution >= 0.6 is 11.6 Å². The SMILES string of the molecule is COc1cc(C(=O)NC(C)C(C)C)cc(NC(=O)c2ccc(Cl)cn2)c1OC. The average Bonchev–Trinajstić information content (AvgIpc) is 2.67. The van der Waals surface area contributed by atoms with Gasteiger partial charge in [0.05, 0.1) is 24.9 Å². The molecule has 0 aliphatic rings. The van der Waals surface area contributed by atoms with Gasteiger partial charge in [0.2, 0.25) is 0 Å². The van der Waals surface area contributed by atoms with E-state index in [-0.39, 0.29) is 23.6 Å². The highest BCUT2D eigenvalue weighted by Crippen LogP contribution is 2.37. The first kappa shape index (κ1) is 21.5. The molecule has 0 saturated heterocycles. The predicted molar refractivity (Wildman–Crippen MR) is 109 cm³/mol. The van der Waals surface area contributed by atoms with Crippen molar-refractivity contribution in [1.29, 1.82) is 0 Å². The molecule has 8 heteroatoms. The van der Waals surface area contributed by atoms with Crippen molar-refractivity contribution in [2.75, 3.05) is 19.5 Å². The third kappa shape index (κ3) is 5.13. The number of nitrogens with one attached hydrogen (secondary N) is 2. The van der Waals surface area contributed by atoms with Gasteiger partial charge >= 0.3 is 0 Å². The normalized spacial score (nSPS) is 11.7. The Labute approximate surface area is 169 Å². The summed E-state index contributed by atoms with van der Waals surface area (Å²) >= 11 is 5.81. The van der Waals surface area contributed by atoms with Crippen LogP contribution in [0.5, 0.6) is 11.5 Å². The molecule has 1 atom stereocenters. The Kier molecular flexibility index (Phi) is 7.23. The Morgan fingerprint density at radius 3 is 2.32 bits per heavy atom. The molecular formula is C20H24ClN3O4. The Morgan fingerprint density at radius 1 is 1.07 bits per heavy atom. The summed E-state index contributed by atoms with van der Waals surface area (Å²) < 4.78 is 10.7. The van der Waals surface area contributed by atoms with Crippen molar-refractivity contribution in [1.82, 2.24) is 10.3 Å². The number of rotatable bonds is 7. The highest BCUT2D eigenvalue weighted by Gasteiger charge is 2.20. The average molecular weight is 406 g/mol. The number of amides is 2. The number of benzene rings is 1. The Morgan fingerprint density at radius 2 is 1.79 bits per heavy atom. The van der Waals surface area contributed by atoms with Gasteiger partial charge in [-0.15, -0.1) is 0 Å². The van der Waals surface area contributed by atoms with Gasteiger partial charge in [0.25, 0.3) is 11.8 Å². The molecule has 0 spiro atoms. The van der Waals surface area contributed by atoms with Gasteiger partial charge in [-0.1, -0.05) is 25.4 Å². The molecule has 2 amide bonds. The van der Waals surface area contributed by atoms with Crippen LogP contribution in [0.1, 0.15) is 41.6 Å². The summed E-state index contributed by atoms with van der Waals surface area (Å²) in [4.78, 5) is 29.1. The largest absolute Gasteiger partial charge is 0.493 e. The van der Waals surface area contributed by atoms with Crippen molar-refractivity contribution in [2.24, 2.45) is 5.92 Å². The lowest BCUT2D eigenvalue weighted by molar-refractivity contribution is 0.0929. The Hall–Kier alpha value is -2.80. The van der Waals surface area contributed by atoms with E-state index in [1.165, 1.54) is 32.5 Å². The number of hydrogen-bond acceptors (Lipinski definition) is 5. The molecule has 28 heavy (non-hydrogen) atoms. The fraction of sp³-hybridized carbons (Fsp3) is 0.350. The number of anilines is 1. The summed E-state index contributed by atoms with van der Waals surface area (Å²) in [5.74, 6) is 0.164. The molecule has 0 radical (unpaired) electrons. The van der Waals surface area contributed by atoms with Gasteiger partial charge in [-0.3, -0.25) is 9.59 Å². The van der Waals surface area contributed by atoms with Crippen molar-refractivity contribution < 1.29 is 19.1 Å². The fourth-order valence-electron chi connectivity index (χ4n) is 2.34. The second kappa shape index (κ2) is 9.41. The van der Waals surface area contributed by atoms with E-state index in [1.54, 1.807) is 12.1 Å². The number of pyridine rings is 1. The number of hydrogen-bond donors (Lipinski definition) is 2.